The Morgan fingerprint density at radius 2 is 1.05 bits per heavy atom. The van der Waals surface area contributed by atoms with Crippen molar-refractivity contribution in [2.45, 2.75) is 84.1 Å². The Labute approximate surface area is 149 Å². The van der Waals surface area contributed by atoms with E-state index in [-0.39, 0.29) is 0 Å². The molecule has 1 radical (unpaired) electrons. The van der Waals surface area contributed by atoms with Gasteiger partial charge in [0.05, 0.1) is 0 Å². The second-order valence-electron chi connectivity index (χ2n) is 7.05. The van der Waals surface area contributed by atoms with E-state index in [1.54, 1.807) is 0 Å². The molecule has 0 fully saturated rings. The van der Waals surface area contributed by atoms with Gasteiger partial charge < -0.3 is 0 Å². The number of rotatable bonds is 14. The van der Waals surface area contributed by atoms with Crippen LogP contribution in [0.3, 0.4) is 0 Å². The van der Waals surface area contributed by atoms with Gasteiger partial charge in [0, 0.05) is 0 Å². The van der Waals surface area contributed by atoms with Gasteiger partial charge in [-0.3, -0.25) is 0 Å². The van der Waals surface area contributed by atoms with E-state index in [9.17, 15) is 0 Å². The molecule has 0 N–H and O–H groups in total. The summed E-state index contributed by atoms with van der Waals surface area (Å²) in [5.41, 5.74) is 0. The average Bonchev–Trinajstić information content (AvgIpc) is 2.44. The molecule has 133 valence electrons. The van der Waals surface area contributed by atoms with Crippen LogP contribution in [0.4, 0.5) is 0 Å². The van der Waals surface area contributed by atoms with Gasteiger partial charge in [-0.15, -0.1) is 0 Å². The normalized spacial score (nSPS) is 12.5. The molecule has 22 heavy (non-hydrogen) atoms. The van der Waals surface area contributed by atoms with E-state index in [4.69, 9.17) is 0 Å². The Kier molecular flexibility index (Phi) is 14.5. The summed E-state index contributed by atoms with van der Waals surface area (Å²) in [7, 11) is 11.5. The standard InChI is InChI=1S/C14H30N.2C2H6N.Sn/c1-4-6-8-10-12-14(15-3)13-11-9-7-5-2;2*1-3-2;/h14H,4-13H2,1-3H3;2*1-2H3;/q3*-1;+3. The van der Waals surface area contributed by atoms with Crippen LogP contribution in [-0.2, 0) is 0 Å². The van der Waals surface area contributed by atoms with Gasteiger partial charge in [-0.05, 0) is 0 Å². The Bertz CT molecular complexity index is 226. The Balaban J connectivity index is 4.56. The van der Waals surface area contributed by atoms with Gasteiger partial charge >= 0.3 is 149 Å². The zero-order valence-electron chi connectivity index (χ0n) is 16.5. The van der Waals surface area contributed by atoms with Gasteiger partial charge in [-0.25, -0.2) is 0 Å². The van der Waals surface area contributed by atoms with Crippen LogP contribution < -0.4 is 0 Å². The molecule has 0 heterocycles. The Hall–Kier alpha value is 0.679. The van der Waals surface area contributed by atoms with Crippen molar-refractivity contribution in [1.29, 1.82) is 0 Å². The zero-order valence-corrected chi connectivity index (χ0v) is 19.3. The van der Waals surface area contributed by atoms with Crippen LogP contribution in [0.15, 0.2) is 0 Å². The summed E-state index contributed by atoms with van der Waals surface area (Å²) in [6.07, 6.45) is 13.9. The minimum atomic E-state index is -1.79. The van der Waals surface area contributed by atoms with E-state index in [0.29, 0.717) is 0 Å². The van der Waals surface area contributed by atoms with Crippen molar-refractivity contribution < 1.29 is 0 Å². The van der Waals surface area contributed by atoms with Crippen molar-refractivity contribution >= 4 is 20.6 Å². The second kappa shape index (κ2) is 14.1. The molecule has 0 spiro atoms. The summed E-state index contributed by atoms with van der Waals surface area (Å²) in [6, 6.07) is 0.799. The number of hydrogen-bond acceptors (Lipinski definition) is 3. The number of hydrogen-bond donors (Lipinski definition) is 0. The van der Waals surface area contributed by atoms with Crippen molar-refractivity contribution in [3.63, 3.8) is 0 Å². The van der Waals surface area contributed by atoms with Gasteiger partial charge in [-0.1, -0.05) is 0 Å². The van der Waals surface area contributed by atoms with Crippen LogP contribution >= 0.6 is 0 Å². The molecule has 0 saturated heterocycles. The summed E-state index contributed by atoms with van der Waals surface area (Å²) < 4.78 is 7.83. The maximum atomic E-state index is 2.79. The fourth-order valence-electron chi connectivity index (χ4n) is 3.34. The van der Waals surface area contributed by atoms with Crippen LogP contribution in [-0.4, -0.2) is 71.2 Å². The van der Waals surface area contributed by atoms with Crippen molar-refractivity contribution in [2.24, 2.45) is 0 Å². The van der Waals surface area contributed by atoms with E-state index in [0.717, 1.165) is 6.04 Å². The molecule has 0 rings (SSSR count). The fourth-order valence-corrected chi connectivity index (χ4v) is 10.9. The third kappa shape index (κ3) is 9.74. The van der Waals surface area contributed by atoms with Crippen molar-refractivity contribution in [3.8, 4) is 0 Å². The van der Waals surface area contributed by atoms with Crippen LogP contribution in [0.2, 0.25) is 0 Å². The van der Waals surface area contributed by atoms with Crippen LogP contribution in [0.25, 0.3) is 0 Å². The quantitative estimate of drug-likeness (QED) is 0.307. The monoisotopic (exact) mass is 420 g/mol. The van der Waals surface area contributed by atoms with Crippen LogP contribution in [0, 0.1) is 0 Å². The number of unbranched alkanes of at least 4 members (excludes halogenated alkanes) is 6. The van der Waals surface area contributed by atoms with Crippen molar-refractivity contribution in [1.82, 2.24) is 9.36 Å². The van der Waals surface area contributed by atoms with Gasteiger partial charge in [0.15, 0.2) is 0 Å². The van der Waals surface area contributed by atoms with Gasteiger partial charge in [0.2, 0.25) is 0 Å². The molecular formula is C18H42N3Sn. The average molecular weight is 419 g/mol. The SMILES string of the molecule is CCCCCCC(CCCCCC)[N](C)[Sn]([N](C)C)[N](C)C. The Morgan fingerprint density at radius 1 is 0.636 bits per heavy atom. The molecule has 0 aliphatic carbocycles. The predicted molar refractivity (Wildman–Crippen MR) is 102 cm³/mol. The molecule has 3 nitrogen and oxygen atoms in total. The van der Waals surface area contributed by atoms with Gasteiger partial charge in [0.1, 0.15) is 0 Å². The minimum absolute atomic E-state index is 0.799. The molecule has 0 aromatic heterocycles. The molecule has 4 heteroatoms. The third-order valence-corrected chi connectivity index (χ3v) is 11.9. The predicted octanol–water partition coefficient (Wildman–Crippen LogP) is 4.34. The molecule has 0 amide bonds. The first-order valence-corrected chi connectivity index (χ1v) is 13.2. The maximum absolute atomic E-state index is 2.79. The fraction of sp³-hybridized carbons (Fsp3) is 1.00. The van der Waals surface area contributed by atoms with E-state index in [1.807, 2.05) is 0 Å². The van der Waals surface area contributed by atoms with E-state index in [1.165, 1.54) is 64.2 Å². The van der Waals surface area contributed by atoms with Gasteiger partial charge in [0.25, 0.3) is 0 Å². The summed E-state index contributed by atoms with van der Waals surface area (Å²) in [5, 5.41) is 0. The molecule has 0 aliphatic heterocycles. The zero-order chi connectivity index (χ0) is 17.0. The van der Waals surface area contributed by atoms with E-state index >= 15 is 0 Å². The first-order chi connectivity index (χ1) is 10.5. The molecule has 0 aliphatic rings. The first kappa shape index (κ1) is 22.7. The second-order valence-corrected chi connectivity index (χ2v) is 15.9. The van der Waals surface area contributed by atoms with Crippen molar-refractivity contribution in [2.75, 3.05) is 35.2 Å². The van der Waals surface area contributed by atoms with E-state index in [2.05, 4.69) is 58.5 Å². The van der Waals surface area contributed by atoms with Crippen LogP contribution in [0.1, 0.15) is 78.1 Å². The van der Waals surface area contributed by atoms with Crippen LogP contribution in [0.5, 0.6) is 0 Å². The molecule has 0 aromatic carbocycles. The van der Waals surface area contributed by atoms with Gasteiger partial charge in [-0.2, -0.15) is 0 Å². The topological polar surface area (TPSA) is 9.72 Å². The summed E-state index contributed by atoms with van der Waals surface area (Å²) in [6.45, 7) is 4.61. The summed E-state index contributed by atoms with van der Waals surface area (Å²) >= 11 is -1.79. The Morgan fingerprint density at radius 3 is 1.36 bits per heavy atom. The molecule has 0 bridgehead atoms. The summed E-state index contributed by atoms with van der Waals surface area (Å²) in [5.74, 6) is 0. The van der Waals surface area contributed by atoms with Crippen molar-refractivity contribution in [3.05, 3.63) is 0 Å². The third-order valence-electron chi connectivity index (χ3n) is 4.44. The molecular weight excluding hydrogens is 377 g/mol. The number of nitrogens with zero attached hydrogens (tertiary/aromatic N) is 3. The molecule has 0 unspecified atom stereocenters. The first-order valence-electron chi connectivity index (χ1n) is 9.40. The molecule has 0 aromatic rings. The van der Waals surface area contributed by atoms with E-state index < -0.39 is 20.6 Å². The summed E-state index contributed by atoms with van der Waals surface area (Å²) in [4.78, 5) is 0. The molecule has 0 atom stereocenters. The molecule has 0 saturated carbocycles.